The Morgan fingerprint density at radius 3 is 2.54 bits per heavy atom. The highest BCUT2D eigenvalue weighted by Crippen LogP contribution is 2.30. The van der Waals surface area contributed by atoms with Crippen LogP contribution in [0.25, 0.3) is 0 Å². The molecule has 1 aliphatic rings. The van der Waals surface area contributed by atoms with Crippen LogP contribution in [0.4, 0.5) is 31.3 Å². The molecule has 0 atom stereocenters. The largest absolute Gasteiger partial charge is 0.437 e. The monoisotopic (exact) mass is 400 g/mol. The highest BCUT2D eigenvalue weighted by atomic mass is 32.1. The molecule has 0 spiro atoms. The molecule has 0 aromatic carbocycles. The van der Waals surface area contributed by atoms with Crippen LogP contribution in [0.5, 0.6) is 0 Å². The van der Waals surface area contributed by atoms with Crippen LogP contribution in [0.3, 0.4) is 0 Å². The van der Waals surface area contributed by atoms with Crippen molar-refractivity contribution in [2.24, 2.45) is 5.16 Å². The number of thiophene rings is 1. The van der Waals surface area contributed by atoms with Crippen LogP contribution >= 0.6 is 11.3 Å². The summed E-state index contributed by atoms with van der Waals surface area (Å²) in [5.41, 5.74) is -1.99. The average Bonchev–Trinajstić information content (AvgIpc) is 3.11. The molecule has 0 amide bonds. The highest BCUT2D eigenvalue weighted by molar-refractivity contribution is 7.16. The first-order valence-electron chi connectivity index (χ1n) is 7.41. The summed E-state index contributed by atoms with van der Waals surface area (Å²) in [6.45, 7) is -0.190. The lowest BCUT2D eigenvalue weighted by molar-refractivity contribution is -0.137. The summed E-state index contributed by atoms with van der Waals surface area (Å²) in [4.78, 5) is 17.6. The number of halogens is 6. The van der Waals surface area contributed by atoms with Gasteiger partial charge in [-0.3, -0.25) is 0 Å². The van der Waals surface area contributed by atoms with Gasteiger partial charge in [-0.2, -0.15) is 26.3 Å². The minimum Gasteiger partial charge on any atom is -0.366 e. The van der Waals surface area contributed by atoms with Gasteiger partial charge in [0.25, 0.3) is 0 Å². The summed E-state index contributed by atoms with van der Waals surface area (Å²) in [7, 11) is 1.53. The van der Waals surface area contributed by atoms with Gasteiger partial charge in [-0.05, 0) is 25.0 Å². The fourth-order valence-electron chi connectivity index (χ4n) is 2.14. The molecular weight excluding hydrogens is 386 g/mol. The standard InChI is InChI=1S/C15H14F6N2O2S/c1-23(8-7-14(16,17)18)11-6-5-9(26-11)3-2-4-10-12(15(19,20)21)22-25-13(10)24/h4-6H,2-3,7-8H2,1H3/b10-4-. The van der Waals surface area contributed by atoms with Gasteiger partial charge >= 0.3 is 18.3 Å². The molecule has 1 aliphatic heterocycles. The van der Waals surface area contributed by atoms with Crippen molar-refractivity contribution in [1.82, 2.24) is 0 Å². The molecule has 0 unspecified atom stereocenters. The first kappa shape index (κ1) is 20.3. The van der Waals surface area contributed by atoms with E-state index in [0.29, 0.717) is 11.4 Å². The molecule has 0 bridgehead atoms. The van der Waals surface area contributed by atoms with Crippen molar-refractivity contribution in [3.05, 3.63) is 28.7 Å². The molecule has 0 radical (unpaired) electrons. The van der Waals surface area contributed by atoms with Crippen molar-refractivity contribution < 1.29 is 36.0 Å². The Morgan fingerprint density at radius 1 is 1.23 bits per heavy atom. The van der Waals surface area contributed by atoms with Crippen LogP contribution in [0, 0.1) is 0 Å². The van der Waals surface area contributed by atoms with E-state index in [0.717, 1.165) is 11.0 Å². The number of nitrogens with zero attached hydrogens (tertiary/aromatic N) is 2. The van der Waals surface area contributed by atoms with Gasteiger partial charge in [0.1, 0.15) is 0 Å². The molecule has 2 heterocycles. The molecule has 144 valence electrons. The SMILES string of the molecule is CN(CCC(F)(F)F)c1ccc(CC/C=C2\C(=O)ON=C2C(F)(F)F)s1. The molecule has 0 saturated carbocycles. The average molecular weight is 400 g/mol. The molecule has 0 N–H and O–H groups in total. The van der Waals surface area contributed by atoms with Crippen LogP contribution in [-0.4, -0.2) is 37.6 Å². The van der Waals surface area contributed by atoms with Gasteiger partial charge < -0.3 is 9.74 Å². The number of oxime groups is 1. The van der Waals surface area contributed by atoms with Gasteiger partial charge in [-0.1, -0.05) is 11.2 Å². The summed E-state index contributed by atoms with van der Waals surface area (Å²) in [6.07, 6.45) is -8.40. The fraction of sp³-hybridized carbons (Fsp3) is 0.467. The lowest BCUT2D eigenvalue weighted by Crippen LogP contribution is -2.24. The second-order valence-corrected chi connectivity index (χ2v) is 6.65. The zero-order valence-electron chi connectivity index (χ0n) is 13.4. The van der Waals surface area contributed by atoms with Gasteiger partial charge in [0.2, 0.25) is 0 Å². The van der Waals surface area contributed by atoms with Gasteiger partial charge in [0, 0.05) is 18.5 Å². The minimum absolute atomic E-state index is 0.131. The number of rotatable bonds is 6. The number of anilines is 1. The van der Waals surface area contributed by atoms with Crippen molar-refractivity contribution in [2.45, 2.75) is 31.6 Å². The predicted octanol–water partition coefficient (Wildman–Crippen LogP) is 4.47. The third kappa shape index (κ3) is 5.48. The number of hydrogen-bond donors (Lipinski definition) is 0. The molecule has 11 heteroatoms. The molecular formula is C15H14F6N2O2S. The second-order valence-electron chi connectivity index (χ2n) is 5.50. The maximum absolute atomic E-state index is 12.7. The van der Waals surface area contributed by atoms with Crippen molar-refractivity contribution in [3.63, 3.8) is 0 Å². The van der Waals surface area contributed by atoms with E-state index in [4.69, 9.17) is 0 Å². The van der Waals surface area contributed by atoms with Gasteiger partial charge in [-0.25, -0.2) is 4.79 Å². The highest BCUT2D eigenvalue weighted by Gasteiger charge is 2.45. The van der Waals surface area contributed by atoms with E-state index in [9.17, 15) is 31.1 Å². The van der Waals surface area contributed by atoms with E-state index in [1.807, 2.05) is 0 Å². The molecule has 0 saturated heterocycles. The Labute approximate surface area is 148 Å². The van der Waals surface area contributed by atoms with Crippen molar-refractivity contribution in [2.75, 3.05) is 18.5 Å². The second kappa shape index (κ2) is 7.68. The molecule has 1 aromatic rings. The molecule has 0 fully saturated rings. The lowest BCUT2D eigenvalue weighted by atomic mass is 10.1. The zero-order chi connectivity index (χ0) is 19.5. The van der Waals surface area contributed by atoms with Gasteiger partial charge in [0.15, 0.2) is 5.71 Å². The number of hydrogen-bond acceptors (Lipinski definition) is 5. The summed E-state index contributed by atoms with van der Waals surface area (Å²) >= 11 is 1.24. The van der Waals surface area contributed by atoms with E-state index in [-0.39, 0.29) is 13.0 Å². The minimum atomic E-state index is -4.78. The van der Waals surface area contributed by atoms with Crippen molar-refractivity contribution in [3.8, 4) is 0 Å². The Hall–Kier alpha value is -2.04. The first-order valence-corrected chi connectivity index (χ1v) is 8.22. The molecule has 0 aliphatic carbocycles. The number of allylic oxidation sites excluding steroid dienone is 1. The smallest absolute Gasteiger partial charge is 0.366 e. The van der Waals surface area contributed by atoms with Gasteiger partial charge in [-0.15, -0.1) is 11.3 Å². The molecule has 4 nitrogen and oxygen atoms in total. The van der Waals surface area contributed by atoms with E-state index < -0.39 is 36.0 Å². The Morgan fingerprint density at radius 2 is 1.92 bits per heavy atom. The van der Waals surface area contributed by atoms with Crippen LogP contribution < -0.4 is 4.90 Å². The Kier molecular flexibility index (Phi) is 5.99. The zero-order valence-corrected chi connectivity index (χ0v) is 14.3. The van der Waals surface area contributed by atoms with Crippen molar-refractivity contribution >= 4 is 28.0 Å². The number of carbonyl (C=O) groups excluding carboxylic acids is 1. The Balaban J connectivity index is 1.94. The summed E-state index contributed by atoms with van der Waals surface area (Å²) in [6, 6.07) is 3.34. The predicted molar refractivity (Wildman–Crippen MR) is 84.2 cm³/mol. The third-order valence-electron chi connectivity index (χ3n) is 3.46. The summed E-state index contributed by atoms with van der Waals surface area (Å²) in [5, 5.41) is 3.36. The van der Waals surface area contributed by atoms with Crippen LogP contribution in [0.1, 0.15) is 17.7 Å². The van der Waals surface area contributed by atoms with Crippen LogP contribution in [0.2, 0.25) is 0 Å². The molecule has 2 rings (SSSR count). The number of carbonyl (C=O) groups is 1. The van der Waals surface area contributed by atoms with E-state index in [2.05, 4.69) is 9.99 Å². The van der Waals surface area contributed by atoms with Crippen LogP contribution in [0.15, 0.2) is 28.9 Å². The summed E-state index contributed by atoms with van der Waals surface area (Å²) in [5.74, 6) is -1.16. The maximum atomic E-state index is 12.7. The summed E-state index contributed by atoms with van der Waals surface area (Å²) < 4.78 is 74.8. The molecule has 1 aromatic heterocycles. The molecule has 26 heavy (non-hydrogen) atoms. The third-order valence-corrected chi connectivity index (χ3v) is 4.72. The topological polar surface area (TPSA) is 41.9 Å². The van der Waals surface area contributed by atoms with Gasteiger partial charge in [0.05, 0.1) is 17.0 Å². The number of alkyl halides is 6. The normalized spacial score (nSPS) is 16.8. The van der Waals surface area contributed by atoms with Crippen LogP contribution in [-0.2, 0) is 16.1 Å². The lowest BCUT2D eigenvalue weighted by Gasteiger charge is -2.17. The maximum Gasteiger partial charge on any atom is 0.437 e. The van der Waals surface area contributed by atoms with E-state index in [1.54, 1.807) is 12.1 Å². The van der Waals surface area contributed by atoms with Crippen molar-refractivity contribution in [1.29, 1.82) is 0 Å². The fourth-order valence-corrected chi connectivity index (χ4v) is 3.14. The number of aryl methyl sites for hydroxylation is 1. The Bertz CT molecular complexity index is 720. The quantitative estimate of drug-likeness (QED) is 0.402. The van der Waals surface area contributed by atoms with E-state index in [1.165, 1.54) is 23.3 Å². The first-order chi connectivity index (χ1) is 12.0. The van der Waals surface area contributed by atoms with E-state index >= 15 is 0 Å².